The lowest BCUT2D eigenvalue weighted by Gasteiger charge is -2.13. The lowest BCUT2D eigenvalue weighted by molar-refractivity contribution is 0.0599. The number of sulfonamides is 1. The number of aromatic amines is 1. The van der Waals surface area contributed by atoms with E-state index in [0.717, 1.165) is 11.3 Å². The number of carbonyl (C=O) groups is 2. The summed E-state index contributed by atoms with van der Waals surface area (Å²) in [4.78, 5) is 27.6. The molecule has 0 bridgehead atoms. The number of carbonyl (C=O) groups excluding carboxylic acids is 2. The smallest absolute Gasteiger partial charge is 0.339 e. The molecule has 0 radical (unpaired) electrons. The van der Waals surface area contributed by atoms with Gasteiger partial charge in [-0.1, -0.05) is 18.2 Å². The molecule has 0 aliphatic rings. The van der Waals surface area contributed by atoms with E-state index in [4.69, 9.17) is 4.74 Å². The number of hydrogen-bond acceptors (Lipinski definition) is 6. The first-order chi connectivity index (χ1) is 13.7. The van der Waals surface area contributed by atoms with Crippen LogP contribution in [0.25, 0.3) is 0 Å². The summed E-state index contributed by atoms with van der Waals surface area (Å²) >= 11 is 1.09. The van der Waals surface area contributed by atoms with Crippen molar-refractivity contribution in [1.29, 1.82) is 0 Å². The normalized spacial score (nSPS) is 11.1. The highest BCUT2D eigenvalue weighted by Gasteiger charge is 2.23. The molecule has 0 fully saturated rings. The van der Waals surface area contributed by atoms with E-state index in [-0.39, 0.29) is 21.3 Å². The van der Waals surface area contributed by atoms with Crippen LogP contribution in [0.15, 0.2) is 46.0 Å². The Morgan fingerprint density at radius 1 is 1.07 bits per heavy atom. The zero-order valence-electron chi connectivity index (χ0n) is 15.9. The molecule has 0 saturated carbocycles. The highest BCUT2D eigenvalue weighted by atomic mass is 32.2. The number of esters is 1. The van der Waals surface area contributed by atoms with Crippen LogP contribution in [-0.2, 0) is 14.8 Å². The van der Waals surface area contributed by atoms with Gasteiger partial charge < -0.3 is 15.0 Å². The zero-order valence-corrected chi connectivity index (χ0v) is 17.5. The number of benzene rings is 1. The number of H-pyrrole nitrogens is 1. The second-order valence-electron chi connectivity index (χ2n) is 6.15. The summed E-state index contributed by atoms with van der Waals surface area (Å²) < 4.78 is 32.4. The number of thiophene rings is 1. The third-order valence-corrected chi connectivity index (χ3v) is 7.00. The Hall–Kier alpha value is -3.11. The van der Waals surface area contributed by atoms with E-state index in [1.54, 1.807) is 49.6 Å². The quantitative estimate of drug-likeness (QED) is 0.514. The summed E-state index contributed by atoms with van der Waals surface area (Å²) in [5.74, 6) is -1.05. The number of methoxy groups -OCH3 is 1. The third kappa shape index (κ3) is 4.17. The standard InChI is InChI=1S/C19H19N3O5S2/c1-11-16(19(24)27-3)12(2)20-17(11)18(23)21-13-7-4-5-8-14(13)22-29(25,26)15-9-6-10-28-15/h4-10,20,22H,1-3H3,(H,21,23). The molecule has 1 amide bonds. The summed E-state index contributed by atoms with van der Waals surface area (Å²) in [5.41, 5.74) is 1.95. The molecule has 8 nitrogen and oxygen atoms in total. The summed E-state index contributed by atoms with van der Waals surface area (Å²) in [6.45, 7) is 3.30. The van der Waals surface area contributed by atoms with Crippen LogP contribution in [0.3, 0.4) is 0 Å². The van der Waals surface area contributed by atoms with Gasteiger partial charge >= 0.3 is 5.97 Å². The molecule has 10 heteroatoms. The monoisotopic (exact) mass is 433 g/mol. The predicted octanol–water partition coefficient (Wildman–Crippen LogP) is 3.53. The highest BCUT2D eigenvalue weighted by Crippen LogP contribution is 2.27. The Morgan fingerprint density at radius 3 is 2.38 bits per heavy atom. The van der Waals surface area contributed by atoms with Crippen LogP contribution in [0.5, 0.6) is 0 Å². The predicted molar refractivity (Wildman–Crippen MR) is 111 cm³/mol. The number of nitrogens with one attached hydrogen (secondary N) is 3. The number of aryl methyl sites for hydroxylation is 1. The number of ether oxygens (including phenoxy) is 1. The van der Waals surface area contributed by atoms with E-state index in [2.05, 4.69) is 15.0 Å². The van der Waals surface area contributed by atoms with Crippen LogP contribution in [0, 0.1) is 13.8 Å². The molecule has 0 aliphatic heterocycles. The van der Waals surface area contributed by atoms with Crippen molar-refractivity contribution in [3.63, 3.8) is 0 Å². The Labute approximate surface area is 172 Å². The second kappa shape index (κ2) is 8.10. The van der Waals surface area contributed by atoms with Gasteiger partial charge in [0.05, 0.1) is 24.0 Å². The van der Waals surface area contributed by atoms with Crippen molar-refractivity contribution < 1.29 is 22.7 Å². The van der Waals surface area contributed by atoms with Gasteiger partial charge in [-0.05, 0) is 43.0 Å². The largest absolute Gasteiger partial charge is 0.465 e. The van der Waals surface area contributed by atoms with Crippen molar-refractivity contribution in [2.45, 2.75) is 18.1 Å². The molecular weight excluding hydrogens is 414 g/mol. The van der Waals surface area contributed by atoms with Gasteiger partial charge in [0.1, 0.15) is 9.90 Å². The van der Waals surface area contributed by atoms with Crippen LogP contribution in [0.1, 0.15) is 32.1 Å². The van der Waals surface area contributed by atoms with E-state index < -0.39 is 21.9 Å². The summed E-state index contributed by atoms with van der Waals surface area (Å²) in [7, 11) is -2.50. The van der Waals surface area contributed by atoms with Crippen LogP contribution in [0.4, 0.5) is 11.4 Å². The summed E-state index contributed by atoms with van der Waals surface area (Å²) in [6.07, 6.45) is 0. The van der Waals surface area contributed by atoms with E-state index in [9.17, 15) is 18.0 Å². The molecule has 2 aromatic heterocycles. The molecule has 0 unspecified atom stereocenters. The van der Waals surface area contributed by atoms with Crippen molar-refractivity contribution in [1.82, 2.24) is 4.98 Å². The lowest BCUT2D eigenvalue weighted by atomic mass is 10.1. The van der Waals surface area contributed by atoms with Crippen LogP contribution in [-0.4, -0.2) is 32.4 Å². The number of aromatic nitrogens is 1. The van der Waals surface area contributed by atoms with Crippen molar-refractivity contribution in [3.8, 4) is 0 Å². The van der Waals surface area contributed by atoms with E-state index in [1.807, 2.05) is 0 Å². The second-order valence-corrected chi connectivity index (χ2v) is 9.01. The number of hydrogen-bond donors (Lipinski definition) is 3. The van der Waals surface area contributed by atoms with Gasteiger partial charge in [0, 0.05) is 5.69 Å². The van der Waals surface area contributed by atoms with Crippen molar-refractivity contribution in [2.24, 2.45) is 0 Å². The Bertz CT molecular complexity index is 1160. The average Bonchev–Trinajstić information content (AvgIpc) is 3.31. The molecule has 0 aliphatic carbocycles. The molecule has 29 heavy (non-hydrogen) atoms. The van der Waals surface area contributed by atoms with E-state index in [0.29, 0.717) is 16.8 Å². The van der Waals surface area contributed by atoms with E-state index in [1.165, 1.54) is 13.2 Å². The first-order valence-corrected chi connectivity index (χ1v) is 10.8. The Morgan fingerprint density at radius 2 is 1.76 bits per heavy atom. The fourth-order valence-electron chi connectivity index (χ4n) is 2.86. The first-order valence-electron chi connectivity index (χ1n) is 8.48. The topological polar surface area (TPSA) is 117 Å². The Balaban J connectivity index is 1.89. The highest BCUT2D eigenvalue weighted by molar-refractivity contribution is 7.94. The molecule has 1 aromatic carbocycles. The number of amides is 1. The SMILES string of the molecule is COC(=O)c1c(C)[nH]c(C(=O)Nc2ccccc2NS(=O)(=O)c2cccs2)c1C. The van der Waals surface area contributed by atoms with Gasteiger partial charge in [-0.3, -0.25) is 9.52 Å². The minimum Gasteiger partial charge on any atom is -0.465 e. The summed E-state index contributed by atoms with van der Waals surface area (Å²) in [6, 6.07) is 9.59. The molecule has 3 rings (SSSR count). The molecule has 2 heterocycles. The van der Waals surface area contributed by atoms with Crippen molar-refractivity contribution >= 4 is 44.6 Å². The maximum Gasteiger partial charge on any atom is 0.339 e. The lowest BCUT2D eigenvalue weighted by Crippen LogP contribution is -2.17. The fourth-order valence-corrected chi connectivity index (χ4v) is 4.94. The van der Waals surface area contributed by atoms with Gasteiger partial charge in [0.2, 0.25) is 0 Å². The van der Waals surface area contributed by atoms with Gasteiger partial charge in [0.15, 0.2) is 0 Å². The molecule has 0 spiro atoms. The molecular formula is C19H19N3O5S2. The van der Waals surface area contributed by atoms with Crippen LogP contribution >= 0.6 is 11.3 Å². The molecule has 0 saturated heterocycles. The van der Waals surface area contributed by atoms with E-state index >= 15 is 0 Å². The fraction of sp³-hybridized carbons (Fsp3) is 0.158. The summed E-state index contributed by atoms with van der Waals surface area (Å²) in [5, 5.41) is 4.35. The molecule has 152 valence electrons. The van der Waals surface area contributed by atoms with Gasteiger partial charge in [-0.2, -0.15) is 0 Å². The van der Waals surface area contributed by atoms with Gasteiger partial charge in [-0.25, -0.2) is 13.2 Å². The minimum absolute atomic E-state index is 0.164. The Kier molecular flexibility index (Phi) is 5.76. The minimum atomic E-state index is -3.77. The molecule has 3 N–H and O–H groups in total. The van der Waals surface area contributed by atoms with Gasteiger partial charge in [-0.15, -0.1) is 11.3 Å². The molecule has 0 atom stereocenters. The zero-order chi connectivity index (χ0) is 21.2. The third-order valence-electron chi connectivity index (χ3n) is 4.23. The van der Waals surface area contributed by atoms with Crippen molar-refractivity contribution in [3.05, 3.63) is 64.3 Å². The maximum absolute atomic E-state index is 12.8. The number of rotatable bonds is 6. The van der Waals surface area contributed by atoms with Crippen LogP contribution < -0.4 is 10.0 Å². The average molecular weight is 434 g/mol. The maximum atomic E-state index is 12.8. The first kappa shape index (κ1) is 20.6. The number of para-hydroxylation sites is 2. The van der Waals surface area contributed by atoms with Crippen LogP contribution in [0.2, 0.25) is 0 Å². The number of anilines is 2. The molecule has 3 aromatic rings. The van der Waals surface area contributed by atoms with Crippen molar-refractivity contribution in [2.75, 3.05) is 17.1 Å². The van der Waals surface area contributed by atoms with Gasteiger partial charge in [0.25, 0.3) is 15.9 Å².